The highest BCUT2D eigenvalue weighted by Crippen LogP contribution is 2.41. The van der Waals surface area contributed by atoms with Crippen molar-refractivity contribution in [3.8, 4) is 0 Å². The van der Waals surface area contributed by atoms with Gasteiger partial charge in [-0.3, -0.25) is 0 Å². The van der Waals surface area contributed by atoms with Crippen molar-refractivity contribution in [2.75, 3.05) is 5.88 Å². The molecule has 1 aliphatic heterocycles. The lowest BCUT2D eigenvalue weighted by atomic mass is 9.91. The fourth-order valence-corrected chi connectivity index (χ4v) is 3.87. The Bertz CT molecular complexity index is 291. The van der Waals surface area contributed by atoms with E-state index in [9.17, 15) is 0 Å². The first-order valence-electron chi connectivity index (χ1n) is 9.61. The third kappa shape index (κ3) is 8.20. The molecule has 0 aromatic rings. The molecule has 0 bridgehead atoms. The molecule has 1 fully saturated rings. The monoisotopic (exact) mass is 330 g/mol. The zero-order chi connectivity index (χ0) is 16.6. The Hall–Kier alpha value is 0.250. The van der Waals surface area contributed by atoms with Crippen LogP contribution < -0.4 is 0 Å². The largest absolute Gasteiger partial charge is 0.365 e. The first-order valence-corrected chi connectivity index (χ1v) is 10.1. The number of alkyl halides is 1. The van der Waals surface area contributed by atoms with E-state index in [2.05, 4.69) is 34.6 Å². The van der Waals surface area contributed by atoms with Gasteiger partial charge in [0, 0.05) is 0 Å². The van der Waals surface area contributed by atoms with Gasteiger partial charge in [0.05, 0.1) is 11.5 Å². The lowest BCUT2D eigenvalue weighted by Gasteiger charge is -2.15. The Morgan fingerprint density at radius 1 is 0.864 bits per heavy atom. The predicted molar refractivity (Wildman–Crippen MR) is 98.7 cm³/mol. The van der Waals surface area contributed by atoms with E-state index >= 15 is 0 Å². The summed E-state index contributed by atoms with van der Waals surface area (Å²) in [5, 5.41) is 0. The third-order valence-corrected chi connectivity index (χ3v) is 5.70. The average Bonchev–Trinajstić information content (AvgIpc) is 3.09. The van der Waals surface area contributed by atoms with E-state index in [0.29, 0.717) is 12.0 Å². The van der Waals surface area contributed by atoms with Crippen molar-refractivity contribution in [1.82, 2.24) is 0 Å². The topological polar surface area (TPSA) is 12.5 Å². The van der Waals surface area contributed by atoms with Crippen LogP contribution >= 0.6 is 11.6 Å². The maximum atomic E-state index is 5.85. The fourth-order valence-electron chi connectivity index (χ4n) is 3.49. The number of ether oxygens (including phenoxy) is 1. The van der Waals surface area contributed by atoms with Crippen molar-refractivity contribution in [3.63, 3.8) is 0 Å². The summed E-state index contributed by atoms with van der Waals surface area (Å²) < 4.78 is 5.67. The summed E-state index contributed by atoms with van der Waals surface area (Å²) in [5.41, 5.74) is 0.104. The third-order valence-electron chi connectivity index (χ3n) is 5.42. The highest BCUT2D eigenvalue weighted by Gasteiger charge is 2.50. The minimum atomic E-state index is 0.104. The average molecular weight is 331 g/mol. The number of hydrogen-bond acceptors (Lipinski definition) is 1. The standard InChI is InChI=1S/C20H39ClO/c1-16(2)9-6-10-17(3)11-7-12-18(4)13-8-14-20(5)19(15-21)22-20/h16-19H,6-15H2,1-5H3/t17?,18?,19-,20-/m1/s1. The van der Waals surface area contributed by atoms with E-state index in [1.54, 1.807) is 0 Å². The maximum absolute atomic E-state index is 5.85. The van der Waals surface area contributed by atoms with Crippen LogP contribution in [0.4, 0.5) is 0 Å². The van der Waals surface area contributed by atoms with Gasteiger partial charge < -0.3 is 4.74 Å². The molecule has 0 spiro atoms. The van der Waals surface area contributed by atoms with Gasteiger partial charge in [-0.25, -0.2) is 0 Å². The van der Waals surface area contributed by atoms with Crippen molar-refractivity contribution in [2.24, 2.45) is 17.8 Å². The molecule has 4 atom stereocenters. The summed E-state index contributed by atoms with van der Waals surface area (Å²) in [7, 11) is 0. The molecule has 0 aromatic heterocycles. The molecule has 1 rings (SSSR count). The molecule has 0 N–H and O–H groups in total. The molecule has 1 saturated heterocycles. The summed E-state index contributed by atoms with van der Waals surface area (Å²) in [6.07, 6.45) is 12.6. The number of rotatable bonds is 13. The van der Waals surface area contributed by atoms with E-state index in [1.165, 1.54) is 57.8 Å². The van der Waals surface area contributed by atoms with E-state index < -0.39 is 0 Å². The zero-order valence-corrected chi connectivity index (χ0v) is 16.4. The Kier molecular flexibility index (Phi) is 9.40. The summed E-state index contributed by atoms with van der Waals surface area (Å²) in [4.78, 5) is 0. The van der Waals surface area contributed by atoms with Gasteiger partial charge in [0.1, 0.15) is 6.10 Å². The van der Waals surface area contributed by atoms with Gasteiger partial charge in [-0.15, -0.1) is 11.6 Å². The second kappa shape index (κ2) is 10.2. The molecular formula is C20H39ClO. The first kappa shape index (κ1) is 20.3. The van der Waals surface area contributed by atoms with Gasteiger partial charge in [-0.2, -0.15) is 0 Å². The van der Waals surface area contributed by atoms with Crippen LogP contribution in [0.2, 0.25) is 0 Å². The molecule has 0 saturated carbocycles. The van der Waals surface area contributed by atoms with Crippen LogP contribution in [0.25, 0.3) is 0 Å². The normalized spacial score (nSPS) is 27.1. The smallest absolute Gasteiger partial charge is 0.101 e. The SMILES string of the molecule is CC(C)CCCC(C)CCCC(C)CCC[C@@]1(C)O[C@@H]1CCl. The molecule has 1 heterocycles. The summed E-state index contributed by atoms with van der Waals surface area (Å²) in [5.74, 6) is 3.29. The zero-order valence-electron chi connectivity index (χ0n) is 15.7. The van der Waals surface area contributed by atoms with Crippen molar-refractivity contribution in [2.45, 2.75) is 104 Å². The molecule has 132 valence electrons. The van der Waals surface area contributed by atoms with Gasteiger partial charge >= 0.3 is 0 Å². The Morgan fingerprint density at radius 3 is 1.82 bits per heavy atom. The summed E-state index contributed by atoms with van der Waals surface area (Å²) >= 11 is 5.85. The van der Waals surface area contributed by atoms with E-state index in [1.807, 2.05) is 0 Å². The molecule has 2 heteroatoms. The lowest BCUT2D eigenvalue weighted by molar-refractivity contribution is 0.286. The van der Waals surface area contributed by atoms with Crippen molar-refractivity contribution < 1.29 is 4.74 Å². The minimum Gasteiger partial charge on any atom is -0.365 e. The number of epoxide rings is 1. The fraction of sp³-hybridized carbons (Fsp3) is 1.00. The Balaban J connectivity index is 1.96. The van der Waals surface area contributed by atoms with Crippen LogP contribution in [-0.4, -0.2) is 17.6 Å². The predicted octanol–water partition coefficient (Wildman–Crippen LogP) is 6.82. The van der Waals surface area contributed by atoms with Gasteiger partial charge in [0.2, 0.25) is 0 Å². The van der Waals surface area contributed by atoms with Crippen LogP contribution in [0, 0.1) is 17.8 Å². The van der Waals surface area contributed by atoms with Gasteiger partial charge in [0.15, 0.2) is 0 Å². The second-order valence-electron chi connectivity index (χ2n) is 8.43. The van der Waals surface area contributed by atoms with Gasteiger partial charge in [-0.1, -0.05) is 79.1 Å². The van der Waals surface area contributed by atoms with Crippen LogP contribution in [-0.2, 0) is 4.74 Å². The van der Waals surface area contributed by atoms with Crippen molar-refractivity contribution in [1.29, 1.82) is 0 Å². The van der Waals surface area contributed by atoms with E-state index in [-0.39, 0.29) is 5.60 Å². The van der Waals surface area contributed by atoms with Crippen molar-refractivity contribution >= 4 is 11.6 Å². The summed E-state index contributed by atoms with van der Waals surface area (Å²) in [6.45, 7) is 11.7. The Labute approximate surface area is 144 Å². The first-order chi connectivity index (χ1) is 10.4. The van der Waals surface area contributed by atoms with Gasteiger partial charge in [0.25, 0.3) is 0 Å². The van der Waals surface area contributed by atoms with Crippen LogP contribution in [0.15, 0.2) is 0 Å². The molecule has 1 nitrogen and oxygen atoms in total. The molecule has 0 radical (unpaired) electrons. The van der Waals surface area contributed by atoms with Gasteiger partial charge in [-0.05, 0) is 31.1 Å². The van der Waals surface area contributed by atoms with Crippen molar-refractivity contribution in [3.05, 3.63) is 0 Å². The quantitative estimate of drug-likeness (QED) is 0.266. The number of halogens is 1. The highest BCUT2D eigenvalue weighted by atomic mass is 35.5. The molecule has 1 aliphatic rings. The molecule has 2 unspecified atom stereocenters. The molecule has 0 aromatic carbocycles. The number of hydrogen-bond donors (Lipinski definition) is 0. The minimum absolute atomic E-state index is 0.104. The molecular weight excluding hydrogens is 292 g/mol. The van der Waals surface area contributed by atoms with Crippen LogP contribution in [0.5, 0.6) is 0 Å². The van der Waals surface area contributed by atoms with Crippen LogP contribution in [0.1, 0.15) is 92.4 Å². The summed E-state index contributed by atoms with van der Waals surface area (Å²) in [6, 6.07) is 0. The molecule has 0 amide bonds. The Morgan fingerprint density at radius 2 is 1.36 bits per heavy atom. The van der Waals surface area contributed by atoms with Crippen LogP contribution in [0.3, 0.4) is 0 Å². The molecule has 22 heavy (non-hydrogen) atoms. The molecule has 0 aliphatic carbocycles. The highest BCUT2D eigenvalue weighted by molar-refractivity contribution is 6.18. The maximum Gasteiger partial charge on any atom is 0.101 e. The van der Waals surface area contributed by atoms with E-state index in [4.69, 9.17) is 16.3 Å². The van der Waals surface area contributed by atoms with E-state index in [0.717, 1.165) is 17.8 Å². The lowest BCUT2D eigenvalue weighted by Crippen LogP contribution is -2.11. The second-order valence-corrected chi connectivity index (χ2v) is 8.74.